The lowest BCUT2D eigenvalue weighted by Crippen LogP contribution is -2.46. The van der Waals surface area contributed by atoms with Gasteiger partial charge in [0, 0.05) is 19.1 Å². The molecule has 1 fully saturated rings. The van der Waals surface area contributed by atoms with Gasteiger partial charge in [-0.3, -0.25) is 4.90 Å². The minimum absolute atomic E-state index is 0.0286. The highest BCUT2D eigenvalue weighted by molar-refractivity contribution is 5.47. The van der Waals surface area contributed by atoms with Crippen molar-refractivity contribution in [2.45, 2.75) is 43.6 Å². The van der Waals surface area contributed by atoms with E-state index in [1.54, 1.807) is 0 Å². The lowest BCUT2D eigenvalue weighted by Gasteiger charge is -2.41. The smallest absolute Gasteiger partial charge is 0.144 e. The Morgan fingerprint density at radius 1 is 0.667 bits per heavy atom. The molecule has 0 spiro atoms. The molecule has 3 heteroatoms. The molecule has 0 unspecified atom stereocenters. The summed E-state index contributed by atoms with van der Waals surface area (Å²) in [4.78, 5) is 2.42. The van der Waals surface area contributed by atoms with Crippen LogP contribution in [-0.4, -0.2) is 35.3 Å². The lowest BCUT2D eigenvalue weighted by atomic mass is 9.79. The molecule has 3 nitrogen and oxygen atoms in total. The van der Waals surface area contributed by atoms with Crippen molar-refractivity contribution < 1.29 is 9.84 Å². The van der Waals surface area contributed by atoms with E-state index in [1.165, 1.54) is 5.56 Å². The van der Waals surface area contributed by atoms with E-state index < -0.39 is 5.60 Å². The summed E-state index contributed by atoms with van der Waals surface area (Å²) in [6.45, 7) is 1.58. The van der Waals surface area contributed by atoms with Crippen LogP contribution in [0.15, 0.2) is 121 Å². The maximum absolute atomic E-state index is 9.95. The van der Waals surface area contributed by atoms with Gasteiger partial charge in [-0.05, 0) is 41.5 Å². The van der Waals surface area contributed by atoms with Crippen molar-refractivity contribution in [1.29, 1.82) is 0 Å². The third-order valence-electron chi connectivity index (χ3n) is 7.37. The quantitative estimate of drug-likeness (QED) is 0.268. The van der Waals surface area contributed by atoms with E-state index in [0.29, 0.717) is 6.54 Å². The van der Waals surface area contributed by atoms with Gasteiger partial charge in [-0.1, -0.05) is 121 Å². The summed E-state index contributed by atoms with van der Waals surface area (Å²) < 4.78 is 7.41. The van der Waals surface area contributed by atoms with Crippen molar-refractivity contribution in [2.24, 2.45) is 0 Å². The zero-order valence-corrected chi connectivity index (χ0v) is 20.7. The molecule has 0 bridgehead atoms. The maximum Gasteiger partial charge on any atom is 0.144 e. The fourth-order valence-electron chi connectivity index (χ4n) is 5.72. The van der Waals surface area contributed by atoms with Crippen molar-refractivity contribution in [3.05, 3.63) is 144 Å². The second-order valence-corrected chi connectivity index (χ2v) is 9.61. The van der Waals surface area contributed by atoms with Crippen molar-refractivity contribution in [1.82, 2.24) is 4.90 Å². The third-order valence-corrected chi connectivity index (χ3v) is 7.37. The summed E-state index contributed by atoms with van der Waals surface area (Å²) in [7, 11) is 0. The topological polar surface area (TPSA) is 32.7 Å². The van der Waals surface area contributed by atoms with Gasteiger partial charge in [0.2, 0.25) is 0 Å². The van der Waals surface area contributed by atoms with Gasteiger partial charge < -0.3 is 9.84 Å². The zero-order chi connectivity index (χ0) is 24.6. The Bertz CT molecular complexity index is 1080. The van der Waals surface area contributed by atoms with Crippen molar-refractivity contribution >= 4 is 0 Å². The summed E-state index contributed by atoms with van der Waals surface area (Å²) in [6.07, 6.45) is 3.20. The lowest BCUT2D eigenvalue weighted by molar-refractivity contribution is -0.0781. The van der Waals surface area contributed by atoms with E-state index in [0.717, 1.165) is 42.5 Å². The normalized spacial score (nSPS) is 17.9. The molecule has 5 rings (SSSR count). The number of ether oxygens (including phenoxy) is 1. The molecule has 0 radical (unpaired) electrons. The third kappa shape index (κ3) is 5.15. The molecule has 1 aliphatic carbocycles. The summed E-state index contributed by atoms with van der Waals surface area (Å²) in [5.41, 5.74) is 3.92. The van der Waals surface area contributed by atoms with Gasteiger partial charge in [0.15, 0.2) is 0 Å². The molecule has 0 amide bonds. The molecule has 0 aliphatic heterocycles. The molecule has 0 saturated heterocycles. The summed E-state index contributed by atoms with van der Waals surface area (Å²) >= 11 is 0. The minimum atomic E-state index is -0.728. The molecule has 4 aromatic carbocycles. The van der Waals surface area contributed by atoms with Crippen LogP contribution in [-0.2, 0) is 16.9 Å². The highest BCUT2D eigenvalue weighted by atomic mass is 16.5. The Kier molecular flexibility index (Phi) is 7.92. The van der Waals surface area contributed by atoms with Gasteiger partial charge >= 0.3 is 0 Å². The Hall–Kier alpha value is -3.24. The van der Waals surface area contributed by atoms with Gasteiger partial charge in [0.1, 0.15) is 5.60 Å². The van der Waals surface area contributed by atoms with E-state index in [1.807, 2.05) is 0 Å². The van der Waals surface area contributed by atoms with Crippen LogP contribution >= 0.6 is 0 Å². The molecular weight excluding hydrogens is 442 g/mol. The Labute approximate surface area is 215 Å². The van der Waals surface area contributed by atoms with Crippen molar-refractivity contribution in [3.63, 3.8) is 0 Å². The minimum Gasteiger partial charge on any atom is -0.395 e. The molecule has 2 atom stereocenters. The highest BCUT2D eigenvalue weighted by Gasteiger charge is 2.44. The van der Waals surface area contributed by atoms with Gasteiger partial charge in [0.05, 0.1) is 12.7 Å². The monoisotopic (exact) mass is 477 g/mol. The van der Waals surface area contributed by atoms with Crippen LogP contribution in [0.4, 0.5) is 0 Å². The summed E-state index contributed by atoms with van der Waals surface area (Å²) in [5.74, 6) is 0. The van der Waals surface area contributed by atoms with Gasteiger partial charge in [0.25, 0.3) is 0 Å². The van der Waals surface area contributed by atoms with Crippen LogP contribution in [0.1, 0.15) is 41.5 Å². The van der Waals surface area contributed by atoms with Crippen LogP contribution in [0, 0.1) is 0 Å². The molecule has 1 saturated carbocycles. The second kappa shape index (κ2) is 11.7. The van der Waals surface area contributed by atoms with Crippen LogP contribution in [0.5, 0.6) is 0 Å². The van der Waals surface area contributed by atoms with Crippen LogP contribution in [0.25, 0.3) is 0 Å². The first-order chi connectivity index (χ1) is 17.8. The maximum atomic E-state index is 9.95. The number of hydrogen-bond donors (Lipinski definition) is 1. The number of hydrogen-bond acceptors (Lipinski definition) is 3. The first-order valence-electron chi connectivity index (χ1n) is 13.0. The summed E-state index contributed by atoms with van der Waals surface area (Å²) in [6, 6.07) is 42.6. The average molecular weight is 478 g/mol. The number of aliphatic hydroxyl groups excluding tert-OH is 1. The molecule has 4 aromatic rings. The van der Waals surface area contributed by atoms with Crippen molar-refractivity contribution in [2.75, 3.05) is 13.2 Å². The largest absolute Gasteiger partial charge is 0.395 e. The van der Waals surface area contributed by atoms with E-state index in [4.69, 9.17) is 4.74 Å². The predicted molar refractivity (Wildman–Crippen MR) is 146 cm³/mol. The van der Waals surface area contributed by atoms with Crippen LogP contribution < -0.4 is 0 Å². The van der Waals surface area contributed by atoms with E-state index in [9.17, 15) is 5.11 Å². The van der Waals surface area contributed by atoms with E-state index in [-0.39, 0.29) is 18.8 Å². The number of benzene rings is 4. The van der Waals surface area contributed by atoms with Crippen molar-refractivity contribution in [3.8, 4) is 0 Å². The average Bonchev–Trinajstić information content (AvgIpc) is 3.41. The number of aliphatic hydroxyl groups is 1. The fraction of sp³-hybridized carbons (Fsp3) is 0.273. The molecular formula is C33H35NO2. The molecule has 0 heterocycles. The van der Waals surface area contributed by atoms with E-state index in [2.05, 4.69) is 126 Å². The van der Waals surface area contributed by atoms with Gasteiger partial charge in [-0.25, -0.2) is 0 Å². The SMILES string of the molecule is OCCN(Cc1ccccc1)[C@@H]1CCC[C@H]1OC(c1ccccc1)(c1ccccc1)c1ccccc1. The Morgan fingerprint density at radius 2 is 1.14 bits per heavy atom. The van der Waals surface area contributed by atoms with E-state index >= 15 is 0 Å². The van der Waals surface area contributed by atoms with Crippen LogP contribution in [0.2, 0.25) is 0 Å². The molecule has 0 aromatic heterocycles. The molecule has 36 heavy (non-hydrogen) atoms. The Balaban J connectivity index is 1.57. The second-order valence-electron chi connectivity index (χ2n) is 9.61. The van der Waals surface area contributed by atoms with Gasteiger partial charge in [-0.15, -0.1) is 0 Å². The standard InChI is InChI=1S/C33H35NO2/c35-25-24-34(26-27-14-5-1-6-15-27)31-22-13-23-32(31)36-33(28-16-7-2-8-17-28,29-18-9-3-10-19-29)30-20-11-4-12-21-30/h1-12,14-21,31-32,35H,13,22-26H2/t31-,32-/m1/s1. The fourth-order valence-corrected chi connectivity index (χ4v) is 5.72. The highest BCUT2D eigenvalue weighted by Crippen LogP contribution is 2.44. The first kappa shape index (κ1) is 24.5. The van der Waals surface area contributed by atoms with Gasteiger partial charge in [-0.2, -0.15) is 0 Å². The molecule has 184 valence electrons. The molecule has 1 N–H and O–H groups in total. The number of nitrogens with zero attached hydrogens (tertiary/aromatic N) is 1. The molecule has 1 aliphatic rings. The Morgan fingerprint density at radius 3 is 1.61 bits per heavy atom. The van der Waals surface area contributed by atoms with Crippen LogP contribution in [0.3, 0.4) is 0 Å². The number of rotatable bonds is 10. The first-order valence-corrected chi connectivity index (χ1v) is 13.0. The zero-order valence-electron chi connectivity index (χ0n) is 20.7. The summed E-state index contributed by atoms with van der Waals surface area (Å²) in [5, 5.41) is 9.95. The predicted octanol–water partition coefficient (Wildman–Crippen LogP) is 6.41.